The molecule has 0 saturated carbocycles. The number of nitrogens with zero attached hydrogens (tertiary/aromatic N) is 2. The van der Waals surface area contributed by atoms with Gasteiger partial charge < -0.3 is 10.1 Å². The molecule has 4 nitrogen and oxygen atoms in total. The molecule has 0 unspecified atom stereocenters. The second-order valence-electron chi connectivity index (χ2n) is 3.17. The van der Waals surface area contributed by atoms with Crippen molar-refractivity contribution in [2.45, 2.75) is 20.3 Å². The van der Waals surface area contributed by atoms with E-state index < -0.39 is 0 Å². The van der Waals surface area contributed by atoms with Gasteiger partial charge in [0, 0.05) is 19.6 Å². The van der Waals surface area contributed by atoms with Crippen LogP contribution in [0.5, 0.6) is 5.75 Å². The maximum absolute atomic E-state index is 5.51. The van der Waals surface area contributed by atoms with E-state index in [-0.39, 0.29) is 1.43 Å². The van der Waals surface area contributed by atoms with E-state index in [1.54, 1.807) is 6.20 Å². The Morgan fingerprint density at radius 2 is 2.33 bits per heavy atom. The molecular formula is C11H17N3O. The Morgan fingerprint density at radius 1 is 1.47 bits per heavy atom. The van der Waals surface area contributed by atoms with E-state index in [1.807, 2.05) is 19.9 Å². The van der Waals surface area contributed by atoms with E-state index in [0.29, 0.717) is 6.61 Å². The van der Waals surface area contributed by atoms with Crippen LogP contribution in [0.15, 0.2) is 18.0 Å². The van der Waals surface area contributed by atoms with Crippen LogP contribution >= 0.6 is 0 Å². The van der Waals surface area contributed by atoms with Crippen LogP contribution in [0.1, 0.15) is 27.4 Å². The highest BCUT2D eigenvalue weighted by Crippen LogP contribution is 2.33. The number of nitrogens with one attached hydrogen (secondary N) is 1. The second-order valence-corrected chi connectivity index (χ2v) is 3.17. The third-order valence-electron chi connectivity index (χ3n) is 2.42. The quantitative estimate of drug-likeness (QED) is 0.705. The predicted molar refractivity (Wildman–Crippen MR) is 60.5 cm³/mol. The zero-order chi connectivity index (χ0) is 10.7. The summed E-state index contributed by atoms with van der Waals surface area (Å²) in [5, 5.41) is 11.2. The largest absolute Gasteiger partial charge is 0.485 e. The summed E-state index contributed by atoms with van der Waals surface area (Å²) >= 11 is 0. The van der Waals surface area contributed by atoms with E-state index in [4.69, 9.17) is 4.74 Å². The maximum atomic E-state index is 5.51. The van der Waals surface area contributed by atoms with Crippen molar-refractivity contribution in [1.29, 1.82) is 0 Å². The van der Waals surface area contributed by atoms with Crippen molar-refractivity contribution in [3.63, 3.8) is 0 Å². The van der Waals surface area contributed by atoms with E-state index in [0.717, 1.165) is 24.4 Å². The van der Waals surface area contributed by atoms with Gasteiger partial charge >= 0.3 is 0 Å². The van der Waals surface area contributed by atoms with Crippen molar-refractivity contribution in [3.8, 4) is 5.75 Å². The summed E-state index contributed by atoms with van der Waals surface area (Å²) in [5.74, 6) is 0.859. The Morgan fingerprint density at radius 3 is 3.20 bits per heavy atom. The lowest BCUT2D eigenvalue weighted by Gasteiger charge is -2.17. The van der Waals surface area contributed by atoms with Gasteiger partial charge in [0.05, 0.1) is 11.9 Å². The molecule has 2 aliphatic rings. The smallest absolute Gasteiger partial charge is 0.149 e. The van der Waals surface area contributed by atoms with Crippen LogP contribution < -0.4 is 10.1 Å². The molecule has 0 bridgehead atoms. The first-order valence-corrected chi connectivity index (χ1v) is 5.36. The monoisotopic (exact) mass is 207 g/mol. The molecule has 1 N–H and O–H groups in total. The Hall–Kier alpha value is -1.58. The molecule has 2 aliphatic heterocycles. The van der Waals surface area contributed by atoms with Crippen LogP contribution in [-0.4, -0.2) is 23.3 Å². The third-order valence-corrected chi connectivity index (χ3v) is 2.42. The topological polar surface area (TPSA) is 47.0 Å². The van der Waals surface area contributed by atoms with Gasteiger partial charge in [-0.15, -0.1) is 5.10 Å². The minimum atomic E-state index is 0. The lowest BCUT2D eigenvalue weighted by atomic mass is 10.1. The predicted octanol–water partition coefficient (Wildman–Crippen LogP) is 1.85. The van der Waals surface area contributed by atoms with Crippen molar-refractivity contribution in [3.05, 3.63) is 23.7 Å². The van der Waals surface area contributed by atoms with Crippen molar-refractivity contribution in [2.24, 2.45) is 0 Å². The van der Waals surface area contributed by atoms with Gasteiger partial charge in [-0.05, 0) is 6.42 Å². The standard InChI is InChI=1S/C9H9N3O.C2H6.H2/c1-3-10-7-5-13-8-2-4-11-12-9(8)6(1)7;1-2;/h2,4,10H,1,3,5H2;1-2H3;1H. The highest BCUT2D eigenvalue weighted by atomic mass is 16.5. The molecule has 0 amide bonds. The summed E-state index contributed by atoms with van der Waals surface area (Å²) in [6.07, 6.45) is 2.69. The van der Waals surface area contributed by atoms with Gasteiger partial charge in [-0.2, -0.15) is 5.10 Å². The SMILES string of the molecule is CC.[HH].c1cc2c(nn1)C1=C(CO2)NCC1. The van der Waals surface area contributed by atoms with Crippen LogP contribution in [0.25, 0.3) is 5.57 Å². The molecule has 0 fully saturated rings. The summed E-state index contributed by atoms with van der Waals surface area (Å²) in [4.78, 5) is 0. The lowest BCUT2D eigenvalue weighted by Crippen LogP contribution is -2.17. The van der Waals surface area contributed by atoms with Crippen LogP contribution in [0, 0.1) is 0 Å². The van der Waals surface area contributed by atoms with Gasteiger partial charge in [0.15, 0.2) is 0 Å². The van der Waals surface area contributed by atoms with Crippen LogP contribution in [0.2, 0.25) is 0 Å². The Bertz CT molecular complexity index is 393. The molecule has 0 atom stereocenters. The number of rotatable bonds is 0. The van der Waals surface area contributed by atoms with E-state index in [1.165, 1.54) is 11.3 Å². The van der Waals surface area contributed by atoms with Crippen molar-refractivity contribution in [1.82, 2.24) is 15.5 Å². The Labute approximate surface area is 90.8 Å². The summed E-state index contributed by atoms with van der Waals surface area (Å²) in [5.41, 5.74) is 3.36. The highest BCUT2D eigenvalue weighted by molar-refractivity contribution is 5.73. The fraction of sp³-hybridized carbons (Fsp3) is 0.455. The summed E-state index contributed by atoms with van der Waals surface area (Å²) < 4.78 is 5.51. The van der Waals surface area contributed by atoms with Gasteiger partial charge in [0.2, 0.25) is 0 Å². The zero-order valence-electron chi connectivity index (χ0n) is 9.08. The van der Waals surface area contributed by atoms with Crippen molar-refractivity contribution in [2.75, 3.05) is 13.2 Å². The zero-order valence-corrected chi connectivity index (χ0v) is 9.08. The summed E-state index contributed by atoms with van der Waals surface area (Å²) in [6, 6.07) is 1.87. The molecule has 1 aromatic heterocycles. The minimum absolute atomic E-state index is 0. The first-order valence-electron chi connectivity index (χ1n) is 5.36. The molecule has 3 rings (SSSR count). The fourth-order valence-corrected chi connectivity index (χ4v) is 1.79. The first kappa shape index (κ1) is 9.96. The van der Waals surface area contributed by atoms with Gasteiger partial charge in [-0.1, -0.05) is 13.8 Å². The average molecular weight is 207 g/mol. The number of hydrogen-bond acceptors (Lipinski definition) is 4. The van der Waals surface area contributed by atoms with Gasteiger partial charge in [0.1, 0.15) is 18.1 Å². The highest BCUT2D eigenvalue weighted by Gasteiger charge is 2.24. The molecule has 4 heteroatoms. The van der Waals surface area contributed by atoms with Gasteiger partial charge in [-0.3, -0.25) is 0 Å². The lowest BCUT2D eigenvalue weighted by molar-refractivity contribution is 0.337. The maximum Gasteiger partial charge on any atom is 0.149 e. The van der Waals surface area contributed by atoms with Crippen molar-refractivity contribution < 1.29 is 6.16 Å². The van der Waals surface area contributed by atoms with E-state index >= 15 is 0 Å². The molecule has 3 heterocycles. The average Bonchev–Trinajstić information content (AvgIpc) is 2.80. The number of hydrogen-bond donors (Lipinski definition) is 1. The Kier molecular flexibility index (Phi) is 2.85. The first-order chi connectivity index (χ1) is 7.45. The molecule has 1 aromatic rings. The normalized spacial score (nSPS) is 16.7. The summed E-state index contributed by atoms with van der Waals surface area (Å²) in [6.45, 7) is 5.64. The second kappa shape index (κ2) is 4.29. The molecular weight excluding hydrogens is 190 g/mol. The molecule has 0 saturated heterocycles. The van der Waals surface area contributed by atoms with E-state index in [9.17, 15) is 0 Å². The fourth-order valence-electron chi connectivity index (χ4n) is 1.79. The van der Waals surface area contributed by atoms with Crippen molar-refractivity contribution >= 4 is 5.57 Å². The molecule has 82 valence electrons. The summed E-state index contributed by atoms with van der Waals surface area (Å²) in [7, 11) is 0. The molecule has 0 spiro atoms. The van der Waals surface area contributed by atoms with Crippen LogP contribution in [-0.2, 0) is 0 Å². The third kappa shape index (κ3) is 1.67. The van der Waals surface area contributed by atoms with Gasteiger partial charge in [-0.25, -0.2) is 0 Å². The van der Waals surface area contributed by atoms with E-state index in [2.05, 4.69) is 15.5 Å². The van der Waals surface area contributed by atoms with Crippen LogP contribution in [0.3, 0.4) is 0 Å². The minimum Gasteiger partial charge on any atom is -0.485 e. The van der Waals surface area contributed by atoms with Crippen LogP contribution in [0.4, 0.5) is 0 Å². The van der Waals surface area contributed by atoms with Gasteiger partial charge in [0.25, 0.3) is 0 Å². The number of ether oxygens (including phenoxy) is 1. The number of aromatic nitrogens is 2. The Balaban J connectivity index is 0.000000406. The molecule has 0 aromatic carbocycles. The molecule has 0 aliphatic carbocycles. The molecule has 0 radical (unpaired) electrons. The number of fused-ring (bicyclic) bond motifs is 2. The molecule has 15 heavy (non-hydrogen) atoms.